The maximum absolute atomic E-state index is 13.6. The topological polar surface area (TPSA) is 44.5 Å². The number of halogens is 4. The van der Waals surface area contributed by atoms with Gasteiger partial charge in [0.15, 0.2) is 28.9 Å². The molecule has 0 spiro atoms. The first kappa shape index (κ1) is 14.5. The molecule has 106 valence electrons. The lowest BCUT2D eigenvalue weighted by Gasteiger charge is -2.12. The summed E-state index contributed by atoms with van der Waals surface area (Å²) in [5.74, 6) is -3.47. The molecule has 0 amide bonds. The van der Waals surface area contributed by atoms with E-state index < -0.39 is 17.5 Å². The van der Waals surface area contributed by atoms with Gasteiger partial charge < -0.3 is 15.2 Å². The molecule has 0 aromatic heterocycles. The third-order valence-corrected chi connectivity index (χ3v) is 2.92. The van der Waals surface area contributed by atoms with Gasteiger partial charge in [0.05, 0.1) is 12.8 Å². The zero-order chi connectivity index (χ0) is 14.9. The lowest BCUT2D eigenvalue weighted by molar-refractivity contribution is 0.378. The molecule has 0 radical (unpaired) electrons. The molecule has 3 nitrogen and oxygen atoms in total. The Hall–Kier alpha value is -1.89. The molecule has 2 N–H and O–H groups in total. The average Bonchev–Trinajstić information content (AvgIpc) is 2.38. The molecule has 0 bridgehead atoms. The highest BCUT2D eigenvalue weighted by Crippen LogP contribution is 2.35. The maximum Gasteiger partial charge on any atom is 0.201 e. The van der Waals surface area contributed by atoms with Crippen LogP contribution in [0, 0.1) is 17.5 Å². The van der Waals surface area contributed by atoms with Gasteiger partial charge in [-0.1, -0.05) is 15.9 Å². The third-order valence-electron chi connectivity index (χ3n) is 2.46. The van der Waals surface area contributed by atoms with Crippen LogP contribution in [-0.4, -0.2) is 7.11 Å². The number of hydrogen-bond acceptors (Lipinski definition) is 3. The number of rotatable bonds is 3. The van der Waals surface area contributed by atoms with Crippen LogP contribution in [0.15, 0.2) is 28.7 Å². The number of nitrogen functional groups attached to an aromatic ring is 1. The van der Waals surface area contributed by atoms with Crippen LogP contribution in [-0.2, 0) is 0 Å². The predicted molar refractivity (Wildman–Crippen MR) is 71.5 cm³/mol. The van der Waals surface area contributed by atoms with Crippen LogP contribution < -0.4 is 15.2 Å². The zero-order valence-electron chi connectivity index (χ0n) is 10.2. The molecule has 0 aliphatic rings. The van der Waals surface area contributed by atoms with E-state index in [0.717, 1.165) is 18.2 Å². The quantitative estimate of drug-likeness (QED) is 0.666. The summed E-state index contributed by atoms with van der Waals surface area (Å²) in [5, 5.41) is 0. The van der Waals surface area contributed by atoms with Crippen LogP contribution >= 0.6 is 15.9 Å². The normalized spacial score (nSPS) is 10.4. The van der Waals surface area contributed by atoms with Gasteiger partial charge in [-0.15, -0.1) is 0 Å². The lowest BCUT2D eigenvalue weighted by atomic mass is 10.2. The van der Waals surface area contributed by atoms with E-state index in [2.05, 4.69) is 15.9 Å². The molecule has 2 aromatic rings. The van der Waals surface area contributed by atoms with Crippen molar-refractivity contribution in [1.29, 1.82) is 0 Å². The summed E-state index contributed by atoms with van der Waals surface area (Å²) in [4.78, 5) is 0. The summed E-state index contributed by atoms with van der Waals surface area (Å²) in [7, 11) is 1.26. The fourth-order valence-corrected chi connectivity index (χ4v) is 1.93. The van der Waals surface area contributed by atoms with E-state index in [0.29, 0.717) is 4.47 Å². The van der Waals surface area contributed by atoms with Crippen LogP contribution in [0.1, 0.15) is 0 Å². The molecule has 0 fully saturated rings. The Bertz CT molecular complexity index is 665. The Labute approximate surface area is 121 Å². The molecule has 20 heavy (non-hydrogen) atoms. The fraction of sp³-hybridized carbons (Fsp3) is 0.0769. The molecule has 2 rings (SSSR count). The standard InChI is InChI=1S/C13H9BrF3NO2/c1-19-10-5-11(9(18)4-7(10)15)20-12-3-6(14)2-8(16)13(12)17/h2-5H,18H2,1H3. The minimum atomic E-state index is -1.17. The van der Waals surface area contributed by atoms with Crippen molar-refractivity contribution in [2.75, 3.05) is 12.8 Å². The first-order chi connectivity index (χ1) is 9.42. The minimum Gasteiger partial charge on any atom is -0.494 e. The van der Waals surface area contributed by atoms with Gasteiger partial charge in [0, 0.05) is 16.6 Å². The molecule has 7 heteroatoms. The molecule has 0 heterocycles. The Morgan fingerprint density at radius 2 is 1.65 bits per heavy atom. The van der Waals surface area contributed by atoms with Crippen LogP contribution in [0.2, 0.25) is 0 Å². The molecule has 0 saturated carbocycles. The Kier molecular flexibility index (Phi) is 4.08. The first-order valence-electron chi connectivity index (χ1n) is 5.37. The van der Waals surface area contributed by atoms with E-state index in [1.165, 1.54) is 13.2 Å². The van der Waals surface area contributed by atoms with Gasteiger partial charge in [-0.05, 0) is 12.1 Å². The predicted octanol–water partition coefficient (Wildman–Crippen LogP) is 4.25. The van der Waals surface area contributed by atoms with E-state index in [1.54, 1.807) is 0 Å². The number of methoxy groups -OCH3 is 1. The van der Waals surface area contributed by atoms with Crippen molar-refractivity contribution in [1.82, 2.24) is 0 Å². The molecule has 0 unspecified atom stereocenters. The minimum absolute atomic E-state index is 0.0420. The fourth-order valence-electron chi connectivity index (χ4n) is 1.52. The summed E-state index contributed by atoms with van der Waals surface area (Å²) in [6.45, 7) is 0. The van der Waals surface area contributed by atoms with Crippen molar-refractivity contribution in [3.05, 3.63) is 46.2 Å². The largest absolute Gasteiger partial charge is 0.494 e. The number of benzene rings is 2. The van der Waals surface area contributed by atoms with Gasteiger partial charge in [0.25, 0.3) is 0 Å². The summed E-state index contributed by atoms with van der Waals surface area (Å²) in [6.07, 6.45) is 0. The third kappa shape index (κ3) is 2.82. The van der Waals surface area contributed by atoms with Crippen LogP contribution in [0.5, 0.6) is 17.2 Å². The van der Waals surface area contributed by atoms with Crippen LogP contribution in [0.4, 0.5) is 18.9 Å². The van der Waals surface area contributed by atoms with Crippen molar-refractivity contribution >= 4 is 21.6 Å². The Morgan fingerprint density at radius 1 is 0.950 bits per heavy atom. The van der Waals surface area contributed by atoms with Gasteiger partial charge in [-0.3, -0.25) is 0 Å². The highest BCUT2D eigenvalue weighted by atomic mass is 79.9. The summed E-state index contributed by atoms with van der Waals surface area (Å²) >= 11 is 3.02. The smallest absolute Gasteiger partial charge is 0.201 e. The monoisotopic (exact) mass is 347 g/mol. The van der Waals surface area contributed by atoms with Gasteiger partial charge in [-0.2, -0.15) is 4.39 Å². The molecule has 0 saturated heterocycles. The molecular weight excluding hydrogens is 339 g/mol. The van der Waals surface area contributed by atoms with Gasteiger partial charge >= 0.3 is 0 Å². The van der Waals surface area contributed by atoms with Crippen LogP contribution in [0.3, 0.4) is 0 Å². The maximum atomic E-state index is 13.6. The summed E-state index contributed by atoms with van der Waals surface area (Å²) in [6, 6.07) is 4.31. The highest BCUT2D eigenvalue weighted by Gasteiger charge is 2.15. The number of hydrogen-bond donors (Lipinski definition) is 1. The van der Waals surface area contributed by atoms with Crippen molar-refractivity contribution in [2.45, 2.75) is 0 Å². The van der Waals surface area contributed by atoms with E-state index >= 15 is 0 Å². The van der Waals surface area contributed by atoms with Gasteiger partial charge in [-0.25, -0.2) is 8.78 Å². The van der Waals surface area contributed by atoms with E-state index in [-0.39, 0.29) is 22.9 Å². The SMILES string of the molecule is COc1cc(Oc2cc(Br)cc(F)c2F)c(N)cc1F. The van der Waals surface area contributed by atoms with Crippen molar-refractivity contribution in [3.8, 4) is 17.2 Å². The average molecular weight is 348 g/mol. The highest BCUT2D eigenvalue weighted by molar-refractivity contribution is 9.10. The molecule has 2 aromatic carbocycles. The van der Waals surface area contributed by atoms with Crippen molar-refractivity contribution < 1.29 is 22.6 Å². The molecule has 0 aliphatic carbocycles. The molecular formula is C13H9BrF3NO2. The summed E-state index contributed by atoms with van der Waals surface area (Å²) in [5.41, 5.74) is 5.50. The van der Waals surface area contributed by atoms with Gasteiger partial charge in [0.1, 0.15) is 0 Å². The van der Waals surface area contributed by atoms with Crippen molar-refractivity contribution in [2.24, 2.45) is 0 Å². The van der Waals surface area contributed by atoms with Crippen LogP contribution in [0.25, 0.3) is 0 Å². The number of anilines is 1. The Morgan fingerprint density at radius 3 is 2.30 bits per heavy atom. The zero-order valence-corrected chi connectivity index (χ0v) is 11.8. The van der Waals surface area contributed by atoms with E-state index in [9.17, 15) is 13.2 Å². The first-order valence-corrected chi connectivity index (χ1v) is 6.17. The molecule has 0 atom stereocenters. The second-order valence-corrected chi connectivity index (χ2v) is 4.74. The molecule has 0 aliphatic heterocycles. The van der Waals surface area contributed by atoms with Gasteiger partial charge in [0.2, 0.25) is 5.82 Å². The number of ether oxygens (including phenoxy) is 2. The number of nitrogens with two attached hydrogens (primary N) is 1. The van der Waals surface area contributed by atoms with E-state index in [1.807, 2.05) is 0 Å². The second kappa shape index (κ2) is 5.62. The second-order valence-electron chi connectivity index (χ2n) is 3.83. The Balaban J connectivity index is 2.45. The van der Waals surface area contributed by atoms with E-state index in [4.69, 9.17) is 15.2 Å². The summed E-state index contributed by atoms with van der Waals surface area (Å²) < 4.78 is 50.5. The lowest BCUT2D eigenvalue weighted by Crippen LogP contribution is -1.98. The van der Waals surface area contributed by atoms with Crippen molar-refractivity contribution in [3.63, 3.8) is 0 Å².